The van der Waals surface area contributed by atoms with E-state index < -0.39 is 24.2 Å². The number of ether oxygens (including phenoxy) is 3. The maximum Gasteiger partial charge on any atom is 0.310 e. The van der Waals surface area contributed by atoms with Gasteiger partial charge in [-0.05, 0) is 35.9 Å². The zero-order valence-corrected chi connectivity index (χ0v) is 14.4. The minimum Gasteiger partial charge on any atom is -0.494 e. The smallest absolute Gasteiger partial charge is 0.310 e. The van der Waals surface area contributed by atoms with Gasteiger partial charge in [0.25, 0.3) is 5.91 Å². The molecule has 0 radical (unpaired) electrons. The monoisotopic (exact) mass is 373 g/mol. The number of Topliss-reactive ketones (excluding diaryl/α,β-unsaturated/α-hetero) is 1. The predicted octanol–water partition coefficient (Wildman–Crippen LogP) is 2.13. The number of hydrogen-bond acceptors (Lipinski definition) is 6. The van der Waals surface area contributed by atoms with E-state index in [1.807, 2.05) is 0 Å². The van der Waals surface area contributed by atoms with E-state index in [0.29, 0.717) is 17.0 Å². The number of esters is 1. The van der Waals surface area contributed by atoms with Gasteiger partial charge in [0.05, 0.1) is 19.2 Å². The lowest BCUT2D eigenvalue weighted by molar-refractivity contribution is -0.141. The summed E-state index contributed by atoms with van der Waals surface area (Å²) in [7, 11) is 1.34. The second-order valence-electron chi connectivity index (χ2n) is 5.78. The first-order valence-corrected chi connectivity index (χ1v) is 8.04. The highest BCUT2D eigenvalue weighted by atomic mass is 19.1. The number of anilines is 1. The molecule has 0 aromatic heterocycles. The Kier molecular flexibility index (Phi) is 5.35. The molecule has 1 heterocycles. The summed E-state index contributed by atoms with van der Waals surface area (Å²) in [5.74, 6) is -1.47. The first-order valence-electron chi connectivity index (χ1n) is 8.04. The fourth-order valence-corrected chi connectivity index (χ4v) is 2.52. The van der Waals surface area contributed by atoms with Crippen LogP contribution in [0.4, 0.5) is 10.1 Å². The van der Waals surface area contributed by atoms with Gasteiger partial charge >= 0.3 is 5.97 Å². The molecule has 0 spiro atoms. The van der Waals surface area contributed by atoms with E-state index in [-0.39, 0.29) is 30.2 Å². The van der Waals surface area contributed by atoms with Crippen molar-refractivity contribution in [2.75, 3.05) is 25.6 Å². The van der Waals surface area contributed by atoms with E-state index in [1.54, 1.807) is 6.07 Å². The Labute approximate surface area is 154 Å². The number of amides is 1. The number of fused-ring (bicyclic) bond motifs is 1. The molecule has 1 aliphatic rings. The summed E-state index contributed by atoms with van der Waals surface area (Å²) in [6.45, 7) is -0.547. The summed E-state index contributed by atoms with van der Waals surface area (Å²) in [6.07, 6.45) is -0.178. The number of hydrogen-bond donors (Lipinski definition) is 1. The molecule has 1 N–H and O–H groups in total. The van der Waals surface area contributed by atoms with Crippen LogP contribution in [0.2, 0.25) is 0 Å². The second kappa shape index (κ2) is 7.86. The van der Waals surface area contributed by atoms with Crippen molar-refractivity contribution in [2.24, 2.45) is 0 Å². The molecule has 140 valence electrons. The molecule has 1 amide bonds. The fraction of sp³-hybridized carbons (Fsp3) is 0.211. The number of ketones is 1. The van der Waals surface area contributed by atoms with Crippen molar-refractivity contribution in [3.63, 3.8) is 0 Å². The van der Waals surface area contributed by atoms with Gasteiger partial charge in [-0.25, -0.2) is 4.39 Å². The van der Waals surface area contributed by atoms with Crippen molar-refractivity contribution in [1.29, 1.82) is 0 Å². The fourth-order valence-electron chi connectivity index (χ4n) is 2.52. The standard InChI is InChI=1S/C19H16FNO6/c1-25-16-4-2-11(6-13(16)20)7-19(24)27-9-15(22)12-3-5-17-14(8-12)21-18(23)10-26-17/h2-6,8H,7,9-10H2,1H3,(H,21,23). The molecule has 0 fully saturated rings. The number of carbonyl (C=O) groups is 3. The number of halogens is 1. The van der Waals surface area contributed by atoms with Gasteiger partial charge in [-0.1, -0.05) is 6.07 Å². The lowest BCUT2D eigenvalue weighted by Crippen LogP contribution is -2.25. The molecule has 0 saturated carbocycles. The molecule has 27 heavy (non-hydrogen) atoms. The maximum absolute atomic E-state index is 13.6. The molecule has 0 atom stereocenters. The Balaban J connectivity index is 1.57. The lowest BCUT2D eigenvalue weighted by atomic mass is 10.1. The zero-order valence-electron chi connectivity index (χ0n) is 14.4. The van der Waals surface area contributed by atoms with Gasteiger partial charge < -0.3 is 19.5 Å². The minimum atomic E-state index is -0.664. The third kappa shape index (κ3) is 4.41. The summed E-state index contributed by atoms with van der Waals surface area (Å²) in [4.78, 5) is 35.4. The molecule has 2 aromatic rings. The molecular formula is C19H16FNO6. The molecule has 1 aliphatic heterocycles. The summed E-state index contributed by atoms with van der Waals surface area (Å²) in [5.41, 5.74) is 1.05. The van der Waals surface area contributed by atoms with Crippen LogP contribution in [0.15, 0.2) is 36.4 Å². The number of nitrogens with one attached hydrogen (secondary N) is 1. The van der Waals surface area contributed by atoms with Crippen LogP contribution in [0.3, 0.4) is 0 Å². The molecule has 7 nitrogen and oxygen atoms in total. The Hall–Kier alpha value is -3.42. The van der Waals surface area contributed by atoms with E-state index in [2.05, 4.69) is 5.32 Å². The Morgan fingerprint density at radius 2 is 2.04 bits per heavy atom. The van der Waals surface area contributed by atoms with E-state index in [9.17, 15) is 18.8 Å². The van der Waals surface area contributed by atoms with Gasteiger partial charge in [-0.2, -0.15) is 0 Å². The van der Waals surface area contributed by atoms with E-state index >= 15 is 0 Å². The van der Waals surface area contributed by atoms with Gasteiger partial charge in [0, 0.05) is 5.56 Å². The van der Waals surface area contributed by atoms with Crippen molar-refractivity contribution < 1.29 is 33.0 Å². The normalized spacial score (nSPS) is 12.4. The minimum absolute atomic E-state index is 0.0748. The van der Waals surface area contributed by atoms with E-state index in [1.165, 1.54) is 37.4 Å². The van der Waals surface area contributed by atoms with Crippen molar-refractivity contribution >= 4 is 23.3 Å². The lowest BCUT2D eigenvalue weighted by Gasteiger charge is -2.18. The van der Waals surface area contributed by atoms with Crippen LogP contribution in [-0.4, -0.2) is 38.0 Å². The average Bonchev–Trinajstić information content (AvgIpc) is 2.65. The largest absolute Gasteiger partial charge is 0.494 e. The van der Waals surface area contributed by atoms with Crippen LogP contribution in [0.5, 0.6) is 11.5 Å². The van der Waals surface area contributed by atoms with E-state index in [0.717, 1.165) is 0 Å². The highest BCUT2D eigenvalue weighted by molar-refractivity contribution is 6.01. The SMILES string of the molecule is COc1ccc(CC(=O)OCC(=O)c2ccc3c(c2)NC(=O)CO3)cc1F. The maximum atomic E-state index is 13.6. The summed E-state index contributed by atoms with van der Waals surface area (Å²) in [6, 6.07) is 8.66. The number of rotatable bonds is 6. The van der Waals surface area contributed by atoms with Crippen molar-refractivity contribution in [3.05, 3.63) is 53.3 Å². The summed E-state index contributed by atoms with van der Waals surface area (Å²) < 4.78 is 28.6. The molecule has 3 rings (SSSR count). The van der Waals surface area contributed by atoms with Crippen LogP contribution in [0.1, 0.15) is 15.9 Å². The molecule has 8 heteroatoms. The van der Waals surface area contributed by atoms with Crippen LogP contribution >= 0.6 is 0 Å². The molecular weight excluding hydrogens is 357 g/mol. The Morgan fingerprint density at radius 1 is 1.22 bits per heavy atom. The van der Waals surface area contributed by atoms with Gasteiger partial charge in [0.15, 0.2) is 30.6 Å². The predicted molar refractivity (Wildman–Crippen MR) is 92.5 cm³/mol. The quantitative estimate of drug-likeness (QED) is 0.616. The average molecular weight is 373 g/mol. The van der Waals surface area contributed by atoms with Crippen LogP contribution in [0, 0.1) is 5.82 Å². The third-order valence-corrected chi connectivity index (χ3v) is 3.86. The topological polar surface area (TPSA) is 90.9 Å². The molecule has 2 aromatic carbocycles. The summed E-state index contributed by atoms with van der Waals surface area (Å²) >= 11 is 0. The van der Waals surface area contributed by atoms with Crippen molar-refractivity contribution in [3.8, 4) is 11.5 Å². The van der Waals surface area contributed by atoms with Crippen molar-refractivity contribution in [2.45, 2.75) is 6.42 Å². The third-order valence-electron chi connectivity index (χ3n) is 3.86. The molecule has 0 aliphatic carbocycles. The summed E-state index contributed by atoms with van der Waals surface area (Å²) in [5, 5.41) is 2.60. The van der Waals surface area contributed by atoms with Crippen LogP contribution in [0.25, 0.3) is 0 Å². The van der Waals surface area contributed by atoms with Crippen molar-refractivity contribution in [1.82, 2.24) is 0 Å². The Bertz CT molecular complexity index is 911. The highest BCUT2D eigenvalue weighted by Gasteiger charge is 2.18. The number of benzene rings is 2. The highest BCUT2D eigenvalue weighted by Crippen LogP contribution is 2.28. The van der Waals surface area contributed by atoms with Gasteiger partial charge in [-0.3, -0.25) is 14.4 Å². The van der Waals surface area contributed by atoms with Gasteiger partial charge in [-0.15, -0.1) is 0 Å². The second-order valence-corrected chi connectivity index (χ2v) is 5.78. The zero-order chi connectivity index (χ0) is 19.4. The molecule has 0 saturated heterocycles. The Morgan fingerprint density at radius 3 is 2.78 bits per heavy atom. The first-order chi connectivity index (χ1) is 13.0. The van der Waals surface area contributed by atoms with Gasteiger partial charge in [0.2, 0.25) is 0 Å². The molecule has 0 bridgehead atoms. The van der Waals surface area contributed by atoms with Crippen LogP contribution in [-0.2, 0) is 20.7 Å². The number of carbonyl (C=O) groups excluding carboxylic acids is 3. The molecule has 0 unspecified atom stereocenters. The van der Waals surface area contributed by atoms with Crippen LogP contribution < -0.4 is 14.8 Å². The first kappa shape index (κ1) is 18.4. The van der Waals surface area contributed by atoms with Gasteiger partial charge in [0.1, 0.15) is 5.75 Å². The van der Waals surface area contributed by atoms with E-state index in [4.69, 9.17) is 14.2 Å². The number of methoxy groups -OCH3 is 1.